The number of likely N-dealkylation sites (N-methyl/N-ethyl adjacent to an activating group) is 1. The summed E-state index contributed by atoms with van der Waals surface area (Å²) in [4.78, 5) is 6.54. The standard InChI is InChI=1S/C15H18BrN3O/c1-11-17-14(18-20-11)9-19(2)10-15(7-8-15)12-3-5-13(16)6-4-12/h3-6H,7-10H2,1-2H3. The van der Waals surface area contributed by atoms with Crippen LogP contribution >= 0.6 is 15.9 Å². The van der Waals surface area contributed by atoms with E-state index >= 15 is 0 Å². The molecular formula is C15H18BrN3O. The van der Waals surface area contributed by atoms with Crippen LogP contribution in [0, 0.1) is 6.92 Å². The fraction of sp³-hybridized carbons (Fsp3) is 0.467. The first kappa shape index (κ1) is 13.8. The molecule has 1 saturated carbocycles. The van der Waals surface area contributed by atoms with Crippen molar-refractivity contribution in [1.29, 1.82) is 0 Å². The van der Waals surface area contributed by atoms with Gasteiger partial charge in [0, 0.05) is 23.4 Å². The molecule has 5 heteroatoms. The Kier molecular flexibility index (Phi) is 3.65. The van der Waals surface area contributed by atoms with Crippen LogP contribution in [0.15, 0.2) is 33.3 Å². The van der Waals surface area contributed by atoms with Crippen LogP contribution in [0.5, 0.6) is 0 Å². The molecule has 0 unspecified atom stereocenters. The molecule has 2 aromatic rings. The van der Waals surface area contributed by atoms with Crippen LogP contribution in [0.2, 0.25) is 0 Å². The van der Waals surface area contributed by atoms with Gasteiger partial charge in [0.15, 0.2) is 5.82 Å². The van der Waals surface area contributed by atoms with Gasteiger partial charge < -0.3 is 4.52 Å². The van der Waals surface area contributed by atoms with Crippen LogP contribution in [0.1, 0.15) is 30.1 Å². The second kappa shape index (κ2) is 5.30. The maximum atomic E-state index is 5.02. The Balaban J connectivity index is 1.66. The molecule has 0 atom stereocenters. The van der Waals surface area contributed by atoms with Crippen LogP contribution in [0.3, 0.4) is 0 Å². The van der Waals surface area contributed by atoms with Crippen molar-refractivity contribution in [1.82, 2.24) is 15.0 Å². The van der Waals surface area contributed by atoms with Crippen LogP contribution in [-0.4, -0.2) is 28.6 Å². The smallest absolute Gasteiger partial charge is 0.223 e. The number of hydrogen-bond donors (Lipinski definition) is 0. The lowest BCUT2D eigenvalue weighted by atomic mass is 9.95. The summed E-state index contributed by atoms with van der Waals surface area (Å²) >= 11 is 3.49. The van der Waals surface area contributed by atoms with Crippen molar-refractivity contribution < 1.29 is 4.52 Å². The predicted molar refractivity (Wildman–Crippen MR) is 80.4 cm³/mol. The van der Waals surface area contributed by atoms with E-state index in [-0.39, 0.29) is 0 Å². The molecule has 20 heavy (non-hydrogen) atoms. The van der Waals surface area contributed by atoms with Gasteiger partial charge in [-0.3, -0.25) is 4.90 Å². The minimum absolute atomic E-state index is 0.314. The number of aryl methyl sites for hydroxylation is 1. The second-order valence-corrected chi connectivity index (χ2v) is 6.60. The summed E-state index contributed by atoms with van der Waals surface area (Å²) in [5.74, 6) is 1.39. The zero-order chi connectivity index (χ0) is 14.2. The highest BCUT2D eigenvalue weighted by molar-refractivity contribution is 9.10. The Bertz CT molecular complexity index is 589. The van der Waals surface area contributed by atoms with E-state index < -0.39 is 0 Å². The Hall–Kier alpha value is -1.20. The van der Waals surface area contributed by atoms with Gasteiger partial charge in [0.25, 0.3) is 0 Å². The Morgan fingerprint density at radius 3 is 2.55 bits per heavy atom. The van der Waals surface area contributed by atoms with Crippen LogP contribution in [-0.2, 0) is 12.0 Å². The molecule has 0 N–H and O–H groups in total. The summed E-state index contributed by atoms with van der Waals surface area (Å²) in [6.07, 6.45) is 2.51. The fourth-order valence-corrected chi connectivity index (χ4v) is 2.98. The van der Waals surface area contributed by atoms with E-state index in [4.69, 9.17) is 4.52 Å². The first-order chi connectivity index (χ1) is 9.57. The molecule has 0 bridgehead atoms. The number of nitrogens with zero attached hydrogens (tertiary/aromatic N) is 3. The Labute approximate surface area is 127 Å². The molecular weight excluding hydrogens is 318 g/mol. The first-order valence-electron chi connectivity index (χ1n) is 6.81. The van der Waals surface area contributed by atoms with Crippen molar-refractivity contribution in [3.8, 4) is 0 Å². The third kappa shape index (κ3) is 2.94. The van der Waals surface area contributed by atoms with E-state index in [1.165, 1.54) is 18.4 Å². The monoisotopic (exact) mass is 335 g/mol. The number of benzene rings is 1. The van der Waals surface area contributed by atoms with Crippen molar-refractivity contribution in [3.63, 3.8) is 0 Å². The number of rotatable bonds is 5. The van der Waals surface area contributed by atoms with Crippen LogP contribution in [0.4, 0.5) is 0 Å². The number of hydrogen-bond acceptors (Lipinski definition) is 4. The van der Waals surface area contributed by atoms with E-state index in [1.807, 2.05) is 6.92 Å². The van der Waals surface area contributed by atoms with Gasteiger partial charge in [0.05, 0.1) is 6.54 Å². The molecule has 106 valence electrons. The average molecular weight is 336 g/mol. The van der Waals surface area contributed by atoms with E-state index in [2.05, 4.69) is 62.3 Å². The molecule has 3 rings (SSSR count). The summed E-state index contributed by atoms with van der Waals surface area (Å²) in [6, 6.07) is 8.70. The first-order valence-corrected chi connectivity index (χ1v) is 7.60. The lowest BCUT2D eigenvalue weighted by molar-refractivity contribution is 0.281. The highest BCUT2D eigenvalue weighted by Crippen LogP contribution is 2.48. The Morgan fingerprint density at radius 2 is 2.00 bits per heavy atom. The zero-order valence-electron chi connectivity index (χ0n) is 11.8. The van der Waals surface area contributed by atoms with E-state index in [0.29, 0.717) is 11.3 Å². The van der Waals surface area contributed by atoms with Crippen LogP contribution < -0.4 is 0 Å². The predicted octanol–water partition coefficient (Wildman–Crippen LogP) is 3.30. The van der Waals surface area contributed by atoms with Crippen LogP contribution in [0.25, 0.3) is 0 Å². The van der Waals surface area contributed by atoms with Crippen molar-refractivity contribution in [3.05, 3.63) is 46.0 Å². The summed E-state index contributed by atoms with van der Waals surface area (Å²) in [7, 11) is 2.12. The van der Waals surface area contributed by atoms with Gasteiger partial charge in [-0.15, -0.1) is 0 Å². The fourth-order valence-electron chi connectivity index (χ4n) is 2.71. The molecule has 0 saturated heterocycles. The molecule has 1 aliphatic carbocycles. The van der Waals surface area contributed by atoms with Gasteiger partial charge in [0.2, 0.25) is 5.89 Å². The molecule has 0 radical (unpaired) electrons. The molecule has 4 nitrogen and oxygen atoms in total. The third-order valence-electron chi connectivity index (χ3n) is 3.86. The van der Waals surface area contributed by atoms with Crippen molar-refractivity contribution in [2.24, 2.45) is 0 Å². The molecule has 0 aliphatic heterocycles. The molecule has 1 aliphatic rings. The molecule has 1 heterocycles. The van der Waals surface area contributed by atoms with Gasteiger partial charge in [0.1, 0.15) is 0 Å². The summed E-state index contributed by atoms with van der Waals surface area (Å²) in [6.45, 7) is 3.58. The van der Waals surface area contributed by atoms with Gasteiger partial charge >= 0.3 is 0 Å². The lowest BCUT2D eigenvalue weighted by Gasteiger charge is -2.23. The molecule has 1 aromatic carbocycles. The topological polar surface area (TPSA) is 42.2 Å². The van der Waals surface area contributed by atoms with Crippen molar-refractivity contribution in [2.45, 2.75) is 31.7 Å². The van der Waals surface area contributed by atoms with Gasteiger partial charge in [-0.1, -0.05) is 33.2 Å². The molecule has 1 fully saturated rings. The van der Waals surface area contributed by atoms with Gasteiger partial charge in [-0.2, -0.15) is 4.98 Å². The van der Waals surface area contributed by atoms with Gasteiger partial charge in [-0.25, -0.2) is 0 Å². The molecule has 0 spiro atoms. The minimum atomic E-state index is 0.314. The Morgan fingerprint density at radius 1 is 1.30 bits per heavy atom. The quantitative estimate of drug-likeness (QED) is 0.840. The maximum absolute atomic E-state index is 5.02. The zero-order valence-corrected chi connectivity index (χ0v) is 13.4. The minimum Gasteiger partial charge on any atom is -0.340 e. The summed E-state index contributed by atoms with van der Waals surface area (Å²) < 4.78 is 6.15. The second-order valence-electron chi connectivity index (χ2n) is 5.69. The third-order valence-corrected chi connectivity index (χ3v) is 4.39. The molecule has 0 amide bonds. The maximum Gasteiger partial charge on any atom is 0.223 e. The normalized spacial score (nSPS) is 16.6. The lowest BCUT2D eigenvalue weighted by Crippen LogP contribution is -2.29. The summed E-state index contributed by atoms with van der Waals surface area (Å²) in [5.41, 5.74) is 1.74. The molecule has 1 aromatic heterocycles. The number of aromatic nitrogens is 2. The van der Waals surface area contributed by atoms with E-state index in [0.717, 1.165) is 23.4 Å². The highest BCUT2D eigenvalue weighted by atomic mass is 79.9. The average Bonchev–Trinajstić information content (AvgIpc) is 3.06. The number of halogens is 1. The SMILES string of the molecule is Cc1nc(CN(C)CC2(c3ccc(Br)cc3)CC2)no1. The largest absolute Gasteiger partial charge is 0.340 e. The van der Waals surface area contributed by atoms with E-state index in [9.17, 15) is 0 Å². The van der Waals surface area contributed by atoms with E-state index in [1.54, 1.807) is 0 Å². The van der Waals surface area contributed by atoms with Gasteiger partial charge in [-0.05, 0) is 37.6 Å². The van der Waals surface area contributed by atoms with Crippen molar-refractivity contribution in [2.75, 3.05) is 13.6 Å². The van der Waals surface area contributed by atoms with Crippen molar-refractivity contribution >= 4 is 15.9 Å². The summed E-state index contributed by atoms with van der Waals surface area (Å²) in [5, 5.41) is 3.96. The highest BCUT2D eigenvalue weighted by Gasteiger charge is 2.44.